The fourth-order valence-corrected chi connectivity index (χ4v) is 3.26. The first-order valence-corrected chi connectivity index (χ1v) is 6.30. The van der Waals surface area contributed by atoms with Crippen LogP contribution in [0.2, 0.25) is 0 Å². The molecule has 4 nitrogen and oxygen atoms in total. The Morgan fingerprint density at radius 2 is 2.19 bits per heavy atom. The number of piperidine rings is 1. The second-order valence-electron chi connectivity index (χ2n) is 5.03. The van der Waals surface area contributed by atoms with E-state index in [-0.39, 0.29) is 5.97 Å². The maximum atomic E-state index is 11.3. The minimum Gasteiger partial charge on any atom is -0.468 e. The van der Waals surface area contributed by atoms with Crippen LogP contribution in [-0.2, 0) is 9.53 Å². The van der Waals surface area contributed by atoms with Crippen molar-refractivity contribution in [3.63, 3.8) is 0 Å². The standard InChI is InChI=1S/C12H22N2O2/c1-16-12(15)10(13)8-14-7-3-5-9-4-2-6-11(9)14/h9-11H,2-8,13H2,1H3. The molecule has 2 aliphatic rings. The third kappa shape index (κ3) is 2.38. The zero-order valence-corrected chi connectivity index (χ0v) is 10.0. The van der Waals surface area contributed by atoms with Gasteiger partial charge in [0.25, 0.3) is 0 Å². The van der Waals surface area contributed by atoms with Gasteiger partial charge in [-0.05, 0) is 38.1 Å². The van der Waals surface area contributed by atoms with Crippen LogP contribution in [0.25, 0.3) is 0 Å². The number of nitrogens with zero attached hydrogens (tertiary/aromatic N) is 1. The number of fused-ring (bicyclic) bond motifs is 1. The van der Waals surface area contributed by atoms with E-state index in [1.807, 2.05) is 0 Å². The van der Waals surface area contributed by atoms with Crippen molar-refractivity contribution in [3.8, 4) is 0 Å². The van der Waals surface area contributed by atoms with E-state index in [4.69, 9.17) is 5.73 Å². The predicted octanol–water partition coefficient (Wildman–Crippen LogP) is 0.751. The highest BCUT2D eigenvalue weighted by Gasteiger charge is 2.36. The Balaban J connectivity index is 1.90. The number of carbonyl (C=O) groups is 1. The van der Waals surface area contributed by atoms with Gasteiger partial charge < -0.3 is 10.5 Å². The van der Waals surface area contributed by atoms with Crippen LogP contribution in [0, 0.1) is 5.92 Å². The molecule has 4 heteroatoms. The quantitative estimate of drug-likeness (QED) is 0.722. The molecular formula is C12H22N2O2. The van der Waals surface area contributed by atoms with Gasteiger partial charge in [0.05, 0.1) is 7.11 Å². The van der Waals surface area contributed by atoms with E-state index >= 15 is 0 Å². The summed E-state index contributed by atoms with van der Waals surface area (Å²) in [5, 5.41) is 0. The van der Waals surface area contributed by atoms with Gasteiger partial charge in [-0.25, -0.2) is 0 Å². The summed E-state index contributed by atoms with van der Waals surface area (Å²) < 4.78 is 4.67. The maximum Gasteiger partial charge on any atom is 0.323 e. The van der Waals surface area contributed by atoms with Crippen LogP contribution in [0.1, 0.15) is 32.1 Å². The van der Waals surface area contributed by atoms with Crippen molar-refractivity contribution in [1.29, 1.82) is 0 Å². The number of nitrogens with two attached hydrogens (primary N) is 1. The van der Waals surface area contributed by atoms with Gasteiger partial charge in [-0.2, -0.15) is 0 Å². The highest BCUT2D eigenvalue weighted by Crippen LogP contribution is 2.36. The molecule has 1 heterocycles. The van der Waals surface area contributed by atoms with E-state index < -0.39 is 6.04 Å². The van der Waals surface area contributed by atoms with E-state index in [1.54, 1.807) is 0 Å². The monoisotopic (exact) mass is 226 g/mol. The molecule has 0 amide bonds. The lowest BCUT2D eigenvalue weighted by molar-refractivity contribution is -0.142. The third-order valence-electron chi connectivity index (χ3n) is 4.04. The average Bonchev–Trinajstić information content (AvgIpc) is 2.77. The van der Waals surface area contributed by atoms with E-state index in [0.29, 0.717) is 12.6 Å². The van der Waals surface area contributed by atoms with Crippen LogP contribution < -0.4 is 5.73 Å². The highest BCUT2D eigenvalue weighted by atomic mass is 16.5. The molecule has 0 radical (unpaired) electrons. The SMILES string of the molecule is COC(=O)C(N)CN1CCCC2CCCC21. The van der Waals surface area contributed by atoms with E-state index in [9.17, 15) is 4.79 Å². The topological polar surface area (TPSA) is 55.6 Å². The molecule has 0 aromatic carbocycles. The summed E-state index contributed by atoms with van der Waals surface area (Å²) in [5.41, 5.74) is 5.83. The molecule has 3 atom stereocenters. The minimum atomic E-state index is -0.482. The molecule has 16 heavy (non-hydrogen) atoms. The number of hydrogen-bond acceptors (Lipinski definition) is 4. The summed E-state index contributed by atoms with van der Waals surface area (Å²) >= 11 is 0. The first-order chi connectivity index (χ1) is 7.72. The molecule has 2 rings (SSSR count). The van der Waals surface area contributed by atoms with Gasteiger partial charge in [-0.1, -0.05) is 6.42 Å². The van der Waals surface area contributed by atoms with Crippen LogP contribution >= 0.6 is 0 Å². The fraction of sp³-hybridized carbons (Fsp3) is 0.917. The zero-order chi connectivity index (χ0) is 11.5. The first kappa shape index (κ1) is 11.9. The summed E-state index contributed by atoms with van der Waals surface area (Å²) in [6.45, 7) is 1.75. The Hall–Kier alpha value is -0.610. The second-order valence-corrected chi connectivity index (χ2v) is 5.03. The number of esters is 1. The van der Waals surface area contributed by atoms with Crippen LogP contribution in [0.5, 0.6) is 0 Å². The number of likely N-dealkylation sites (tertiary alicyclic amines) is 1. The Labute approximate surface area is 97.1 Å². The Morgan fingerprint density at radius 1 is 1.44 bits per heavy atom. The molecule has 2 N–H and O–H groups in total. The number of carbonyl (C=O) groups excluding carboxylic acids is 1. The fourth-order valence-electron chi connectivity index (χ4n) is 3.26. The van der Waals surface area contributed by atoms with Crippen LogP contribution in [0.3, 0.4) is 0 Å². The highest BCUT2D eigenvalue weighted by molar-refractivity contribution is 5.75. The van der Waals surface area contributed by atoms with Gasteiger partial charge in [0, 0.05) is 12.6 Å². The molecule has 1 aliphatic heterocycles. The third-order valence-corrected chi connectivity index (χ3v) is 4.04. The molecule has 1 saturated carbocycles. The van der Waals surface area contributed by atoms with Crippen LogP contribution in [-0.4, -0.2) is 43.2 Å². The Kier molecular flexibility index (Phi) is 3.82. The first-order valence-electron chi connectivity index (χ1n) is 6.30. The van der Waals surface area contributed by atoms with Crippen molar-refractivity contribution >= 4 is 5.97 Å². The lowest BCUT2D eigenvalue weighted by Crippen LogP contribution is -2.50. The number of ether oxygens (including phenoxy) is 1. The lowest BCUT2D eigenvalue weighted by Gasteiger charge is -2.38. The van der Waals surface area contributed by atoms with Gasteiger partial charge in [-0.3, -0.25) is 9.69 Å². The Morgan fingerprint density at radius 3 is 2.94 bits per heavy atom. The molecule has 2 fully saturated rings. The predicted molar refractivity (Wildman–Crippen MR) is 61.9 cm³/mol. The van der Waals surface area contributed by atoms with Gasteiger partial charge in [-0.15, -0.1) is 0 Å². The van der Waals surface area contributed by atoms with E-state index in [0.717, 1.165) is 12.5 Å². The van der Waals surface area contributed by atoms with Crippen LogP contribution in [0.15, 0.2) is 0 Å². The van der Waals surface area contributed by atoms with Gasteiger partial charge in [0.2, 0.25) is 0 Å². The number of methoxy groups -OCH3 is 1. The molecule has 1 aliphatic carbocycles. The minimum absolute atomic E-state index is 0.292. The van der Waals surface area contributed by atoms with Gasteiger partial charge in [0.1, 0.15) is 6.04 Å². The Bertz CT molecular complexity index is 257. The summed E-state index contributed by atoms with van der Waals surface area (Å²) in [6, 6.07) is 0.189. The summed E-state index contributed by atoms with van der Waals surface area (Å²) in [6.07, 6.45) is 6.57. The summed E-state index contributed by atoms with van der Waals surface area (Å²) in [5.74, 6) is 0.554. The van der Waals surface area contributed by atoms with Crippen molar-refractivity contribution in [1.82, 2.24) is 4.90 Å². The van der Waals surface area contributed by atoms with Crippen LogP contribution in [0.4, 0.5) is 0 Å². The molecule has 0 aromatic rings. The maximum absolute atomic E-state index is 11.3. The normalized spacial score (nSPS) is 32.1. The number of rotatable bonds is 3. The summed E-state index contributed by atoms with van der Waals surface area (Å²) in [4.78, 5) is 13.7. The van der Waals surface area contributed by atoms with E-state index in [2.05, 4.69) is 9.64 Å². The van der Waals surface area contributed by atoms with Gasteiger partial charge in [0.15, 0.2) is 0 Å². The molecule has 0 spiro atoms. The van der Waals surface area contributed by atoms with Crippen molar-refractivity contribution in [3.05, 3.63) is 0 Å². The lowest BCUT2D eigenvalue weighted by atomic mass is 9.91. The molecular weight excluding hydrogens is 204 g/mol. The summed E-state index contributed by atoms with van der Waals surface area (Å²) in [7, 11) is 1.40. The molecule has 0 aromatic heterocycles. The number of hydrogen-bond donors (Lipinski definition) is 1. The zero-order valence-electron chi connectivity index (χ0n) is 10.0. The van der Waals surface area contributed by atoms with Crippen molar-refractivity contribution in [2.45, 2.75) is 44.2 Å². The second kappa shape index (κ2) is 5.15. The van der Waals surface area contributed by atoms with Gasteiger partial charge >= 0.3 is 5.97 Å². The molecule has 0 bridgehead atoms. The largest absolute Gasteiger partial charge is 0.468 e. The van der Waals surface area contributed by atoms with Crippen molar-refractivity contribution in [2.24, 2.45) is 11.7 Å². The van der Waals surface area contributed by atoms with Crippen molar-refractivity contribution in [2.75, 3.05) is 20.2 Å². The smallest absolute Gasteiger partial charge is 0.323 e. The van der Waals surface area contributed by atoms with E-state index in [1.165, 1.54) is 39.2 Å². The van der Waals surface area contributed by atoms with Crippen molar-refractivity contribution < 1.29 is 9.53 Å². The molecule has 1 saturated heterocycles. The average molecular weight is 226 g/mol. The molecule has 92 valence electrons. The molecule has 3 unspecified atom stereocenters.